The van der Waals surface area contributed by atoms with Crippen molar-refractivity contribution in [1.82, 2.24) is 0 Å². The van der Waals surface area contributed by atoms with E-state index < -0.39 is 5.97 Å². The lowest BCUT2D eigenvalue weighted by atomic mass is 9.99. The molecule has 0 radical (unpaired) electrons. The second kappa shape index (κ2) is 6.94. The highest BCUT2D eigenvalue weighted by Gasteiger charge is 2.06. The van der Waals surface area contributed by atoms with Gasteiger partial charge in [-0.2, -0.15) is 0 Å². The fraction of sp³-hybridized carbons (Fsp3) is 0.353. The molecule has 2 rings (SSSR count). The first kappa shape index (κ1) is 14.4. The van der Waals surface area contributed by atoms with Gasteiger partial charge in [0, 0.05) is 11.8 Å². The Hall–Kier alpha value is -2.03. The zero-order valence-corrected chi connectivity index (χ0v) is 11.8. The van der Waals surface area contributed by atoms with Gasteiger partial charge in [-0.05, 0) is 36.3 Å². The summed E-state index contributed by atoms with van der Waals surface area (Å²) in [4.78, 5) is 10.5. The molecule has 0 bridgehead atoms. The predicted molar refractivity (Wildman–Crippen MR) is 80.3 cm³/mol. The van der Waals surface area contributed by atoms with Crippen molar-refractivity contribution in [2.45, 2.75) is 32.1 Å². The van der Waals surface area contributed by atoms with Gasteiger partial charge >= 0.3 is 5.97 Å². The minimum atomic E-state index is -0.708. The fourth-order valence-corrected chi connectivity index (χ4v) is 2.50. The summed E-state index contributed by atoms with van der Waals surface area (Å²) in [6.07, 6.45) is 3.97. The molecule has 2 aromatic carbocycles. The first-order valence-corrected chi connectivity index (χ1v) is 6.99. The molecule has 0 aromatic heterocycles. The Kier molecular flexibility index (Phi) is 4.99. The van der Waals surface area contributed by atoms with Gasteiger partial charge in [0.25, 0.3) is 0 Å². The lowest BCUT2D eigenvalue weighted by molar-refractivity contribution is -0.137. The highest BCUT2D eigenvalue weighted by atomic mass is 16.5. The molecule has 0 spiro atoms. The Morgan fingerprint density at radius 2 is 1.80 bits per heavy atom. The van der Waals surface area contributed by atoms with Crippen LogP contribution in [-0.2, 0) is 11.2 Å². The van der Waals surface area contributed by atoms with E-state index in [0.29, 0.717) is 0 Å². The molecule has 20 heavy (non-hydrogen) atoms. The number of carboxylic acid groups (broad SMARTS) is 1. The predicted octanol–water partition coefficient (Wildman–Crippen LogP) is 4.04. The Labute approximate surface area is 119 Å². The highest BCUT2D eigenvalue weighted by molar-refractivity contribution is 5.91. The molecule has 0 fully saturated rings. The molecule has 0 saturated heterocycles. The van der Waals surface area contributed by atoms with Crippen LogP contribution in [0.4, 0.5) is 0 Å². The monoisotopic (exact) mass is 272 g/mol. The van der Waals surface area contributed by atoms with Gasteiger partial charge in [0.1, 0.15) is 5.75 Å². The normalized spacial score (nSPS) is 10.7. The second-order valence-electron chi connectivity index (χ2n) is 4.93. The Bertz CT molecular complexity index is 590. The number of aliphatic carboxylic acids is 1. The third-order valence-electron chi connectivity index (χ3n) is 3.53. The van der Waals surface area contributed by atoms with E-state index in [1.807, 2.05) is 18.2 Å². The molecule has 3 nitrogen and oxygen atoms in total. The zero-order chi connectivity index (χ0) is 14.4. The second-order valence-corrected chi connectivity index (χ2v) is 4.93. The number of aryl methyl sites for hydroxylation is 1. The highest BCUT2D eigenvalue weighted by Crippen LogP contribution is 2.29. The molecule has 0 heterocycles. The van der Waals surface area contributed by atoms with Crippen LogP contribution in [0.25, 0.3) is 10.8 Å². The smallest absolute Gasteiger partial charge is 0.303 e. The molecule has 0 amide bonds. The van der Waals surface area contributed by atoms with Gasteiger partial charge in [0.05, 0.1) is 7.11 Å². The molecule has 0 aliphatic carbocycles. The Balaban J connectivity index is 2.05. The number of benzene rings is 2. The first-order chi connectivity index (χ1) is 9.72. The molecule has 0 saturated carbocycles. The van der Waals surface area contributed by atoms with Gasteiger partial charge in [-0.15, -0.1) is 0 Å². The summed E-state index contributed by atoms with van der Waals surface area (Å²) in [7, 11) is 1.69. The maximum atomic E-state index is 10.5. The summed E-state index contributed by atoms with van der Waals surface area (Å²) in [6, 6.07) is 12.4. The molecule has 2 aromatic rings. The van der Waals surface area contributed by atoms with Gasteiger partial charge < -0.3 is 9.84 Å². The van der Waals surface area contributed by atoms with Gasteiger partial charge in [-0.3, -0.25) is 4.79 Å². The van der Waals surface area contributed by atoms with E-state index in [1.54, 1.807) is 7.11 Å². The van der Waals surface area contributed by atoms with Gasteiger partial charge in [-0.25, -0.2) is 0 Å². The summed E-state index contributed by atoms with van der Waals surface area (Å²) in [5.74, 6) is 0.190. The fourth-order valence-electron chi connectivity index (χ4n) is 2.50. The van der Waals surface area contributed by atoms with Crippen molar-refractivity contribution in [2.75, 3.05) is 7.11 Å². The number of unbranched alkanes of at least 4 members (excludes halogenated alkanes) is 2. The number of rotatable bonds is 7. The Morgan fingerprint density at radius 1 is 1.05 bits per heavy atom. The molecule has 0 aliphatic rings. The molecular formula is C17H20O3. The van der Waals surface area contributed by atoms with E-state index in [0.717, 1.165) is 36.8 Å². The van der Waals surface area contributed by atoms with Crippen LogP contribution in [-0.4, -0.2) is 18.2 Å². The van der Waals surface area contributed by atoms with Crippen LogP contribution in [0.2, 0.25) is 0 Å². The largest absolute Gasteiger partial charge is 0.496 e. The molecule has 0 aliphatic heterocycles. The van der Waals surface area contributed by atoms with Gasteiger partial charge in [0.15, 0.2) is 0 Å². The molecule has 0 atom stereocenters. The summed E-state index contributed by atoms with van der Waals surface area (Å²) in [6.45, 7) is 0. The maximum absolute atomic E-state index is 10.5. The summed E-state index contributed by atoms with van der Waals surface area (Å²) in [5, 5.41) is 11.0. The van der Waals surface area contributed by atoms with Crippen LogP contribution in [0.3, 0.4) is 0 Å². The van der Waals surface area contributed by atoms with E-state index >= 15 is 0 Å². The van der Waals surface area contributed by atoms with Crippen LogP contribution in [0.15, 0.2) is 36.4 Å². The number of carbonyl (C=O) groups is 1. The van der Waals surface area contributed by atoms with Gasteiger partial charge in [0.2, 0.25) is 0 Å². The maximum Gasteiger partial charge on any atom is 0.303 e. The zero-order valence-electron chi connectivity index (χ0n) is 11.8. The van der Waals surface area contributed by atoms with Crippen molar-refractivity contribution < 1.29 is 14.6 Å². The number of ether oxygens (including phenoxy) is 1. The number of carboxylic acids is 1. The standard InChI is InChI=1S/C17H20O3/c1-20-16-12-11-13(7-3-2-4-10-17(18)19)14-8-5-6-9-15(14)16/h5-6,8-9,11-12H,2-4,7,10H2,1H3,(H,18,19). The molecule has 106 valence electrons. The van der Waals surface area contributed by atoms with E-state index in [-0.39, 0.29) is 6.42 Å². The van der Waals surface area contributed by atoms with Crippen LogP contribution < -0.4 is 4.74 Å². The van der Waals surface area contributed by atoms with Crippen LogP contribution in [0.5, 0.6) is 5.75 Å². The van der Waals surface area contributed by atoms with Crippen LogP contribution in [0.1, 0.15) is 31.2 Å². The minimum Gasteiger partial charge on any atom is -0.496 e. The van der Waals surface area contributed by atoms with Crippen LogP contribution >= 0.6 is 0 Å². The van der Waals surface area contributed by atoms with Crippen molar-refractivity contribution in [3.8, 4) is 5.75 Å². The lowest BCUT2D eigenvalue weighted by Gasteiger charge is -2.10. The van der Waals surface area contributed by atoms with E-state index in [2.05, 4.69) is 18.2 Å². The number of fused-ring (bicyclic) bond motifs is 1. The summed E-state index contributed by atoms with van der Waals surface area (Å²) >= 11 is 0. The third-order valence-corrected chi connectivity index (χ3v) is 3.53. The minimum absolute atomic E-state index is 0.267. The Morgan fingerprint density at radius 3 is 2.50 bits per heavy atom. The average molecular weight is 272 g/mol. The topological polar surface area (TPSA) is 46.5 Å². The van der Waals surface area contributed by atoms with Crippen molar-refractivity contribution in [3.05, 3.63) is 42.0 Å². The first-order valence-electron chi connectivity index (χ1n) is 6.99. The SMILES string of the molecule is COc1ccc(CCCCCC(=O)O)c2ccccc12. The van der Waals surface area contributed by atoms with Gasteiger partial charge in [-0.1, -0.05) is 36.8 Å². The molecular weight excluding hydrogens is 252 g/mol. The summed E-state index contributed by atoms with van der Waals surface area (Å²) in [5.41, 5.74) is 1.30. The number of hydrogen-bond acceptors (Lipinski definition) is 2. The quantitative estimate of drug-likeness (QED) is 0.774. The van der Waals surface area contributed by atoms with Crippen molar-refractivity contribution in [2.24, 2.45) is 0 Å². The van der Waals surface area contributed by atoms with E-state index in [9.17, 15) is 4.79 Å². The number of methoxy groups -OCH3 is 1. The third kappa shape index (κ3) is 3.50. The summed E-state index contributed by atoms with van der Waals surface area (Å²) < 4.78 is 5.39. The lowest BCUT2D eigenvalue weighted by Crippen LogP contribution is -1.95. The van der Waals surface area contributed by atoms with Crippen molar-refractivity contribution >= 4 is 16.7 Å². The van der Waals surface area contributed by atoms with Crippen molar-refractivity contribution in [1.29, 1.82) is 0 Å². The molecule has 3 heteroatoms. The van der Waals surface area contributed by atoms with E-state index in [1.165, 1.54) is 10.9 Å². The molecule has 1 N–H and O–H groups in total. The van der Waals surface area contributed by atoms with Crippen LogP contribution in [0, 0.1) is 0 Å². The van der Waals surface area contributed by atoms with E-state index in [4.69, 9.17) is 9.84 Å². The number of hydrogen-bond donors (Lipinski definition) is 1. The van der Waals surface area contributed by atoms with Crippen molar-refractivity contribution in [3.63, 3.8) is 0 Å². The molecule has 0 unspecified atom stereocenters. The average Bonchev–Trinajstić information content (AvgIpc) is 2.46.